The highest BCUT2D eigenvalue weighted by atomic mass is 32.2. The maximum absolute atomic E-state index is 13.3. The van der Waals surface area contributed by atoms with Gasteiger partial charge in [0.05, 0.1) is 12.2 Å². The van der Waals surface area contributed by atoms with Crippen molar-refractivity contribution in [2.45, 2.75) is 13.5 Å². The van der Waals surface area contributed by atoms with Gasteiger partial charge in [0.1, 0.15) is 11.6 Å². The zero-order chi connectivity index (χ0) is 11.6. The molecule has 0 aromatic heterocycles. The van der Waals surface area contributed by atoms with Crippen molar-refractivity contribution in [3.8, 4) is 0 Å². The van der Waals surface area contributed by atoms with Gasteiger partial charge in [0, 0.05) is 0 Å². The Kier molecular flexibility index (Phi) is 3.38. The average Bonchev–Trinajstić information content (AvgIpc) is 2.10. The lowest BCUT2D eigenvalue weighted by Gasteiger charge is -2.06. The van der Waals surface area contributed by atoms with E-state index in [2.05, 4.69) is 9.32 Å². The van der Waals surface area contributed by atoms with Crippen LogP contribution in [0.3, 0.4) is 0 Å². The van der Waals surface area contributed by atoms with Crippen molar-refractivity contribution in [2.24, 2.45) is 5.14 Å². The van der Waals surface area contributed by atoms with Crippen LogP contribution >= 0.6 is 0 Å². The molecule has 0 saturated carbocycles. The van der Waals surface area contributed by atoms with Crippen LogP contribution in [0.5, 0.6) is 0 Å². The van der Waals surface area contributed by atoms with E-state index in [9.17, 15) is 17.2 Å². The molecule has 0 bridgehead atoms. The van der Waals surface area contributed by atoms with E-state index in [1.54, 1.807) is 0 Å². The van der Waals surface area contributed by atoms with Gasteiger partial charge < -0.3 is 0 Å². The van der Waals surface area contributed by atoms with Crippen LogP contribution in [-0.4, -0.2) is 8.42 Å². The molecule has 4 nitrogen and oxygen atoms in total. The lowest BCUT2D eigenvalue weighted by Crippen LogP contribution is -2.16. The van der Waals surface area contributed by atoms with Gasteiger partial charge in [0.15, 0.2) is 0 Å². The molecule has 0 aliphatic rings. The first kappa shape index (κ1) is 12.0. The molecular formula is C8H9F2NO3S. The van der Waals surface area contributed by atoms with Gasteiger partial charge in [0.25, 0.3) is 0 Å². The van der Waals surface area contributed by atoms with Crippen molar-refractivity contribution in [1.29, 1.82) is 0 Å². The SMILES string of the molecule is Cc1ccc(F)c(COS(N)(=O)=O)c1F. The summed E-state index contributed by atoms with van der Waals surface area (Å²) in [5.41, 5.74) is -0.256. The van der Waals surface area contributed by atoms with E-state index < -0.39 is 34.1 Å². The van der Waals surface area contributed by atoms with E-state index in [1.165, 1.54) is 13.0 Å². The highest BCUT2D eigenvalue weighted by molar-refractivity contribution is 7.84. The Morgan fingerprint density at radius 3 is 2.53 bits per heavy atom. The molecule has 0 fully saturated rings. The van der Waals surface area contributed by atoms with E-state index in [0.717, 1.165) is 6.07 Å². The molecule has 0 atom stereocenters. The third-order valence-corrected chi connectivity index (χ3v) is 2.19. The van der Waals surface area contributed by atoms with Crippen LogP contribution < -0.4 is 5.14 Å². The topological polar surface area (TPSA) is 69.4 Å². The Labute approximate surface area is 85.9 Å². The summed E-state index contributed by atoms with van der Waals surface area (Å²) in [6, 6.07) is 2.27. The first-order valence-electron chi connectivity index (χ1n) is 3.92. The summed E-state index contributed by atoms with van der Waals surface area (Å²) in [4.78, 5) is 0. The summed E-state index contributed by atoms with van der Waals surface area (Å²) in [6.45, 7) is 0.674. The van der Waals surface area contributed by atoms with Crippen molar-refractivity contribution in [2.75, 3.05) is 0 Å². The van der Waals surface area contributed by atoms with Crippen molar-refractivity contribution >= 4 is 10.3 Å². The summed E-state index contributed by atoms with van der Waals surface area (Å²) in [6.07, 6.45) is 0. The largest absolute Gasteiger partial charge is 0.333 e. The van der Waals surface area contributed by atoms with E-state index in [4.69, 9.17) is 0 Å². The first-order valence-corrected chi connectivity index (χ1v) is 5.39. The van der Waals surface area contributed by atoms with Crippen LogP contribution in [0.15, 0.2) is 12.1 Å². The number of halogens is 2. The quantitative estimate of drug-likeness (QED) is 0.852. The third-order valence-electron chi connectivity index (χ3n) is 1.75. The molecule has 1 aromatic rings. The molecule has 0 spiro atoms. The van der Waals surface area contributed by atoms with Crippen molar-refractivity contribution in [3.63, 3.8) is 0 Å². The fourth-order valence-corrected chi connectivity index (χ4v) is 1.27. The Balaban J connectivity index is 2.99. The van der Waals surface area contributed by atoms with E-state index in [-0.39, 0.29) is 5.56 Å². The minimum absolute atomic E-state index is 0.199. The molecule has 0 aliphatic heterocycles. The molecule has 2 N–H and O–H groups in total. The Hall–Kier alpha value is -1.05. The fraction of sp³-hybridized carbons (Fsp3) is 0.250. The Morgan fingerprint density at radius 2 is 2.00 bits per heavy atom. The number of aryl methyl sites for hydroxylation is 1. The predicted molar refractivity (Wildman–Crippen MR) is 49.0 cm³/mol. The van der Waals surface area contributed by atoms with E-state index >= 15 is 0 Å². The Bertz CT molecular complexity index is 473. The summed E-state index contributed by atoms with van der Waals surface area (Å²) < 4.78 is 51.3. The number of nitrogens with two attached hydrogens (primary N) is 1. The molecule has 0 aliphatic carbocycles. The molecule has 0 saturated heterocycles. The van der Waals surface area contributed by atoms with Crippen LogP contribution in [0.4, 0.5) is 8.78 Å². The maximum atomic E-state index is 13.3. The number of benzene rings is 1. The fourth-order valence-electron chi connectivity index (χ4n) is 0.988. The van der Waals surface area contributed by atoms with Gasteiger partial charge in [-0.05, 0) is 18.6 Å². The van der Waals surface area contributed by atoms with Gasteiger partial charge in [-0.15, -0.1) is 0 Å². The molecular weight excluding hydrogens is 228 g/mol. The lowest BCUT2D eigenvalue weighted by atomic mass is 10.1. The molecule has 0 heterocycles. The van der Waals surface area contributed by atoms with Gasteiger partial charge in [-0.2, -0.15) is 8.42 Å². The normalized spacial score (nSPS) is 11.7. The minimum Gasteiger partial charge on any atom is -0.253 e. The van der Waals surface area contributed by atoms with Crippen LogP contribution in [0, 0.1) is 18.6 Å². The van der Waals surface area contributed by atoms with Crippen molar-refractivity contribution < 1.29 is 21.4 Å². The van der Waals surface area contributed by atoms with Gasteiger partial charge >= 0.3 is 10.3 Å². The van der Waals surface area contributed by atoms with Gasteiger partial charge in [-0.3, -0.25) is 4.18 Å². The molecule has 0 unspecified atom stereocenters. The number of hydrogen-bond acceptors (Lipinski definition) is 3. The highest BCUT2D eigenvalue weighted by Gasteiger charge is 2.14. The predicted octanol–water partition coefficient (Wildman–Crippen LogP) is 0.993. The zero-order valence-electron chi connectivity index (χ0n) is 7.83. The summed E-state index contributed by atoms with van der Waals surface area (Å²) in [5, 5.41) is 4.53. The van der Waals surface area contributed by atoms with Crippen LogP contribution in [0.25, 0.3) is 0 Å². The molecule has 0 amide bonds. The van der Waals surface area contributed by atoms with Gasteiger partial charge in [-0.1, -0.05) is 6.07 Å². The molecule has 1 aromatic carbocycles. The summed E-state index contributed by atoms with van der Waals surface area (Å²) in [5.74, 6) is -1.71. The lowest BCUT2D eigenvalue weighted by molar-refractivity contribution is 0.296. The smallest absolute Gasteiger partial charge is 0.253 e. The number of rotatable bonds is 3. The number of hydrogen-bond donors (Lipinski definition) is 1. The molecule has 84 valence electrons. The second-order valence-electron chi connectivity index (χ2n) is 2.91. The van der Waals surface area contributed by atoms with E-state index in [0.29, 0.717) is 0 Å². The summed E-state index contributed by atoms with van der Waals surface area (Å²) in [7, 11) is -4.20. The second-order valence-corrected chi connectivity index (χ2v) is 4.13. The van der Waals surface area contributed by atoms with Crippen LogP contribution in [-0.2, 0) is 21.1 Å². The maximum Gasteiger partial charge on any atom is 0.333 e. The van der Waals surface area contributed by atoms with Crippen LogP contribution in [0.2, 0.25) is 0 Å². The molecule has 0 radical (unpaired) electrons. The monoisotopic (exact) mass is 237 g/mol. The first-order chi connectivity index (χ1) is 6.81. The molecule has 1 rings (SSSR count). The van der Waals surface area contributed by atoms with Gasteiger partial charge in [0.2, 0.25) is 0 Å². The average molecular weight is 237 g/mol. The van der Waals surface area contributed by atoms with Gasteiger partial charge in [-0.25, -0.2) is 13.9 Å². The second kappa shape index (κ2) is 4.21. The highest BCUT2D eigenvalue weighted by Crippen LogP contribution is 2.17. The third kappa shape index (κ3) is 3.22. The van der Waals surface area contributed by atoms with Crippen molar-refractivity contribution in [3.05, 3.63) is 34.9 Å². The van der Waals surface area contributed by atoms with Crippen LogP contribution in [0.1, 0.15) is 11.1 Å². The van der Waals surface area contributed by atoms with E-state index in [1.807, 2.05) is 0 Å². The molecule has 7 heteroatoms. The Morgan fingerprint density at radius 1 is 1.40 bits per heavy atom. The minimum atomic E-state index is -4.20. The standard InChI is InChI=1S/C8H9F2NO3S/c1-5-2-3-7(9)6(8(5)10)4-14-15(11,12)13/h2-3H,4H2,1H3,(H2,11,12,13). The summed E-state index contributed by atoms with van der Waals surface area (Å²) >= 11 is 0. The molecule has 15 heavy (non-hydrogen) atoms. The van der Waals surface area contributed by atoms with Crippen molar-refractivity contribution in [1.82, 2.24) is 0 Å². The zero-order valence-corrected chi connectivity index (χ0v) is 8.64.